The fourth-order valence-corrected chi connectivity index (χ4v) is 1.50. The minimum absolute atomic E-state index is 0.507. The van der Waals surface area contributed by atoms with E-state index < -0.39 is 4.92 Å². The number of H-pyrrole nitrogens is 1. The van der Waals surface area contributed by atoms with Crippen molar-refractivity contribution in [3.05, 3.63) is 40.5 Å². The Labute approximate surface area is 90.7 Å². The molecule has 1 N–H and O–H groups in total. The van der Waals surface area contributed by atoms with Crippen molar-refractivity contribution in [3.63, 3.8) is 0 Å². The summed E-state index contributed by atoms with van der Waals surface area (Å²) in [6.07, 6.45) is 7.19. The molecular formula is C10H9N3O3. The lowest BCUT2D eigenvalue weighted by Crippen LogP contribution is -1.86. The van der Waals surface area contributed by atoms with Crippen molar-refractivity contribution in [3.8, 4) is 5.75 Å². The van der Waals surface area contributed by atoms with E-state index in [9.17, 15) is 10.1 Å². The first-order valence-electron chi connectivity index (χ1n) is 4.53. The molecule has 0 bridgehead atoms. The molecular weight excluding hydrogens is 210 g/mol. The Balaban J connectivity index is 2.58. The second-order valence-electron chi connectivity index (χ2n) is 3.11. The van der Waals surface area contributed by atoms with Crippen LogP contribution in [0.15, 0.2) is 24.8 Å². The van der Waals surface area contributed by atoms with Gasteiger partial charge in [-0.25, -0.2) is 0 Å². The first-order valence-corrected chi connectivity index (χ1v) is 4.53. The lowest BCUT2D eigenvalue weighted by molar-refractivity contribution is -0.400. The first-order chi connectivity index (χ1) is 7.72. The Hall–Kier alpha value is -2.37. The third kappa shape index (κ3) is 1.72. The van der Waals surface area contributed by atoms with Gasteiger partial charge in [0.25, 0.3) is 0 Å². The SMILES string of the molecule is COc1cncc2[nH]cc(C=C[N+](=O)[O-])c12. The van der Waals surface area contributed by atoms with Gasteiger partial charge in [-0.05, 0) is 0 Å². The van der Waals surface area contributed by atoms with Gasteiger partial charge in [-0.15, -0.1) is 0 Å². The number of hydrogen-bond acceptors (Lipinski definition) is 4. The van der Waals surface area contributed by atoms with Crippen LogP contribution in [0.2, 0.25) is 0 Å². The average Bonchev–Trinajstić information content (AvgIpc) is 2.69. The molecule has 0 aliphatic heterocycles. The summed E-state index contributed by atoms with van der Waals surface area (Å²) in [5, 5.41) is 11.0. The number of hydrogen-bond donors (Lipinski definition) is 1. The second-order valence-corrected chi connectivity index (χ2v) is 3.11. The highest BCUT2D eigenvalue weighted by molar-refractivity contribution is 5.93. The number of nitrogens with one attached hydrogen (secondary N) is 1. The van der Waals surface area contributed by atoms with Crippen LogP contribution in [0.5, 0.6) is 5.75 Å². The van der Waals surface area contributed by atoms with Crippen molar-refractivity contribution in [1.82, 2.24) is 9.97 Å². The minimum Gasteiger partial charge on any atom is -0.494 e. The largest absolute Gasteiger partial charge is 0.494 e. The maximum atomic E-state index is 10.2. The third-order valence-corrected chi connectivity index (χ3v) is 2.18. The quantitative estimate of drug-likeness (QED) is 0.630. The van der Waals surface area contributed by atoms with Crippen LogP contribution in [0, 0.1) is 10.1 Å². The highest BCUT2D eigenvalue weighted by atomic mass is 16.6. The molecule has 0 aliphatic rings. The smallest absolute Gasteiger partial charge is 0.235 e. The Morgan fingerprint density at radius 3 is 3.06 bits per heavy atom. The van der Waals surface area contributed by atoms with E-state index in [4.69, 9.17) is 4.74 Å². The summed E-state index contributed by atoms with van der Waals surface area (Å²) >= 11 is 0. The minimum atomic E-state index is -0.507. The standard InChI is InChI=1S/C10H9N3O3/c1-16-9-6-11-5-8-10(9)7(4-12-8)2-3-13(14)15/h2-6,12H,1H3. The summed E-state index contributed by atoms with van der Waals surface area (Å²) in [6, 6.07) is 0. The molecule has 0 spiro atoms. The van der Waals surface area contributed by atoms with Gasteiger partial charge in [0.15, 0.2) is 0 Å². The summed E-state index contributed by atoms with van der Waals surface area (Å²) in [5.41, 5.74) is 1.48. The first kappa shape index (κ1) is 10.2. The van der Waals surface area contributed by atoms with E-state index in [1.165, 1.54) is 13.2 Å². The number of fused-ring (bicyclic) bond motifs is 1. The van der Waals surface area contributed by atoms with Gasteiger partial charge in [0.1, 0.15) is 5.75 Å². The number of nitro groups is 1. The molecule has 2 heterocycles. The fourth-order valence-electron chi connectivity index (χ4n) is 1.50. The zero-order valence-electron chi connectivity index (χ0n) is 8.51. The van der Waals surface area contributed by atoms with Crippen LogP contribution in [0.3, 0.4) is 0 Å². The molecule has 0 radical (unpaired) electrons. The number of aromatic amines is 1. The summed E-state index contributed by atoms with van der Waals surface area (Å²) in [5.74, 6) is 0.585. The van der Waals surface area contributed by atoms with Crippen molar-refractivity contribution >= 4 is 17.0 Å². The summed E-state index contributed by atoms with van der Waals surface area (Å²) in [4.78, 5) is 16.7. The van der Waals surface area contributed by atoms with Gasteiger partial charge < -0.3 is 9.72 Å². The van der Waals surface area contributed by atoms with Gasteiger partial charge in [-0.1, -0.05) is 0 Å². The molecule has 0 fully saturated rings. The zero-order valence-corrected chi connectivity index (χ0v) is 8.51. The van der Waals surface area contributed by atoms with Crippen molar-refractivity contribution in [1.29, 1.82) is 0 Å². The Morgan fingerprint density at radius 1 is 1.56 bits per heavy atom. The molecule has 6 heteroatoms. The van der Waals surface area contributed by atoms with E-state index in [0.717, 1.165) is 17.1 Å². The maximum absolute atomic E-state index is 10.2. The molecule has 16 heavy (non-hydrogen) atoms. The predicted octanol–water partition coefficient (Wildman–Crippen LogP) is 1.82. The molecule has 2 rings (SSSR count). The maximum Gasteiger partial charge on any atom is 0.235 e. The Morgan fingerprint density at radius 2 is 2.38 bits per heavy atom. The van der Waals surface area contributed by atoms with E-state index >= 15 is 0 Å². The van der Waals surface area contributed by atoms with Crippen molar-refractivity contribution in [2.24, 2.45) is 0 Å². The van der Waals surface area contributed by atoms with Crippen LogP contribution in [0.25, 0.3) is 17.0 Å². The molecule has 2 aromatic rings. The van der Waals surface area contributed by atoms with Crippen LogP contribution >= 0.6 is 0 Å². The lowest BCUT2D eigenvalue weighted by atomic mass is 10.2. The molecule has 0 aliphatic carbocycles. The summed E-state index contributed by atoms with van der Waals surface area (Å²) in [6.45, 7) is 0. The van der Waals surface area contributed by atoms with E-state index in [1.54, 1.807) is 18.6 Å². The average molecular weight is 219 g/mol. The summed E-state index contributed by atoms with van der Waals surface area (Å²) in [7, 11) is 1.53. The molecule has 82 valence electrons. The van der Waals surface area contributed by atoms with E-state index in [-0.39, 0.29) is 0 Å². The second kappa shape index (κ2) is 4.01. The highest BCUT2D eigenvalue weighted by Crippen LogP contribution is 2.27. The topological polar surface area (TPSA) is 81.0 Å². The molecule has 0 amide bonds. The van der Waals surface area contributed by atoms with Crippen LogP contribution < -0.4 is 4.74 Å². The molecule has 2 aromatic heterocycles. The van der Waals surface area contributed by atoms with E-state index in [1.807, 2.05) is 0 Å². The van der Waals surface area contributed by atoms with Crippen molar-refractivity contribution in [2.45, 2.75) is 0 Å². The highest BCUT2D eigenvalue weighted by Gasteiger charge is 2.08. The molecule has 0 aromatic carbocycles. The lowest BCUT2D eigenvalue weighted by Gasteiger charge is -2.00. The van der Waals surface area contributed by atoms with E-state index in [2.05, 4.69) is 9.97 Å². The predicted molar refractivity (Wildman–Crippen MR) is 58.7 cm³/mol. The number of rotatable bonds is 3. The number of aromatic nitrogens is 2. The van der Waals surface area contributed by atoms with E-state index in [0.29, 0.717) is 11.3 Å². The van der Waals surface area contributed by atoms with Gasteiger partial charge in [-0.2, -0.15) is 0 Å². The molecule has 0 unspecified atom stereocenters. The van der Waals surface area contributed by atoms with Crippen LogP contribution in [0.1, 0.15) is 5.56 Å². The Kier molecular flexibility index (Phi) is 2.55. The number of nitrogens with zero attached hydrogens (tertiary/aromatic N) is 2. The third-order valence-electron chi connectivity index (χ3n) is 2.18. The molecule has 0 saturated heterocycles. The zero-order chi connectivity index (χ0) is 11.5. The number of pyridine rings is 1. The van der Waals surface area contributed by atoms with Gasteiger partial charge in [0.2, 0.25) is 6.20 Å². The van der Waals surface area contributed by atoms with Gasteiger partial charge in [0, 0.05) is 17.8 Å². The Bertz CT molecular complexity index is 559. The van der Waals surface area contributed by atoms with Crippen LogP contribution in [-0.2, 0) is 0 Å². The van der Waals surface area contributed by atoms with Crippen molar-refractivity contribution in [2.75, 3.05) is 7.11 Å². The van der Waals surface area contributed by atoms with Crippen LogP contribution in [-0.4, -0.2) is 22.0 Å². The molecule has 0 atom stereocenters. The molecule has 6 nitrogen and oxygen atoms in total. The number of methoxy groups -OCH3 is 1. The van der Waals surface area contributed by atoms with Crippen LogP contribution in [0.4, 0.5) is 0 Å². The van der Waals surface area contributed by atoms with Gasteiger partial charge >= 0.3 is 0 Å². The normalized spacial score (nSPS) is 11.1. The van der Waals surface area contributed by atoms with Crippen molar-refractivity contribution < 1.29 is 9.66 Å². The molecule has 0 saturated carbocycles. The fraction of sp³-hybridized carbons (Fsp3) is 0.100. The summed E-state index contributed by atoms with van der Waals surface area (Å²) < 4.78 is 5.15. The van der Waals surface area contributed by atoms with Gasteiger partial charge in [0.05, 0.1) is 35.3 Å². The van der Waals surface area contributed by atoms with Gasteiger partial charge in [-0.3, -0.25) is 15.1 Å². The monoisotopic (exact) mass is 219 g/mol. The number of ether oxygens (including phenoxy) is 1.